The van der Waals surface area contributed by atoms with Crippen molar-refractivity contribution in [2.24, 2.45) is 5.92 Å². The van der Waals surface area contributed by atoms with Gasteiger partial charge in [0.05, 0.1) is 19.2 Å². The summed E-state index contributed by atoms with van der Waals surface area (Å²) < 4.78 is 43.7. The van der Waals surface area contributed by atoms with Crippen molar-refractivity contribution in [2.45, 2.75) is 25.6 Å². The van der Waals surface area contributed by atoms with Crippen LogP contribution in [0.4, 0.5) is 18.9 Å². The van der Waals surface area contributed by atoms with Gasteiger partial charge in [0.1, 0.15) is 5.75 Å². The minimum Gasteiger partial charge on any atom is -0.497 e. The topological polar surface area (TPSA) is 49.9 Å². The summed E-state index contributed by atoms with van der Waals surface area (Å²) in [5, 5.41) is 0. The lowest BCUT2D eigenvalue weighted by Crippen LogP contribution is -2.44. The zero-order chi connectivity index (χ0) is 25.7. The molecule has 0 saturated carbocycles. The summed E-state index contributed by atoms with van der Waals surface area (Å²) >= 11 is 0. The van der Waals surface area contributed by atoms with E-state index in [0.29, 0.717) is 38.2 Å². The molecule has 0 N–H and O–H groups in total. The summed E-state index contributed by atoms with van der Waals surface area (Å²) in [5.41, 5.74) is 1.17. The fraction of sp³-hybridized carbons (Fsp3) is 0.286. The van der Waals surface area contributed by atoms with Gasteiger partial charge < -0.3 is 14.5 Å². The second-order valence-corrected chi connectivity index (χ2v) is 8.75. The van der Waals surface area contributed by atoms with Gasteiger partial charge in [0.15, 0.2) is 0 Å². The molecule has 3 aromatic carbocycles. The van der Waals surface area contributed by atoms with Gasteiger partial charge in [-0.1, -0.05) is 30.3 Å². The van der Waals surface area contributed by atoms with Crippen molar-refractivity contribution in [3.63, 3.8) is 0 Å². The second-order valence-electron chi connectivity index (χ2n) is 8.75. The summed E-state index contributed by atoms with van der Waals surface area (Å²) in [6.07, 6.45) is -3.49. The van der Waals surface area contributed by atoms with Crippen molar-refractivity contribution >= 4 is 17.5 Å². The molecule has 0 unspecified atom stereocenters. The highest BCUT2D eigenvalue weighted by atomic mass is 19.4. The van der Waals surface area contributed by atoms with Crippen LogP contribution in [0.3, 0.4) is 0 Å². The Labute approximate surface area is 208 Å². The first-order valence-corrected chi connectivity index (χ1v) is 11.7. The first kappa shape index (κ1) is 25.3. The first-order chi connectivity index (χ1) is 17.3. The van der Waals surface area contributed by atoms with Crippen molar-refractivity contribution in [3.05, 3.63) is 95.6 Å². The van der Waals surface area contributed by atoms with Crippen molar-refractivity contribution in [1.29, 1.82) is 0 Å². The van der Waals surface area contributed by atoms with Crippen LogP contribution in [-0.2, 0) is 17.5 Å². The molecule has 188 valence electrons. The zero-order valence-electron chi connectivity index (χ0n) is 19.9. The summed E-state index contributed by atoms with van der Waals surface area (Å²) in [6, 6.07) is 21.3. The van der Waals surface area contributed by atoms with Crippen LogP contribution in [0.5, 0.6) is 5.75 Å². The van der Waals surface area contributed by atoms with Gasteiger partial charge in [-0.3, -0.25) is 9.59 Å². The van der Waals surface area contributed by atoms with Crippen molar-refractivity contribution in [1.82, 2.24) is 4.90 Å². The molecular weight excluding hydrogens is 469 g/mol. The van der Waals surface area contributed by atoms with E-state index in [1.54, 1.807) is 16.9 Å². The highest BCUT2D eigenvalue weighted by Crippen LogP contribution is 2.30. The number of carbonyl (C=O) groups is 2. The van der Waals surface area contributed by atoms with E-state index in [-0.39, 0.29) is 23.3 Å². The van der Waals surface area contributed by atoms with Gasteiger partial charge in [-0.05, 0) is 66.9 Å². The Balaban J connectivity index is 1.44. The van der Waals surface area contributed by atoms with Crippen molar-refractivity contribution in [2.75, 3.05) is 25.1 Å². The third kappa shape index (κ3) is 5.87. The van der Waals surface area contributed by atoms with Gasteiger partial charge >= 0.3 is 6.18 Å². The first-order valence-electron chi connectivity index (χ1n) is 11.7. The Hall–Kier alpha value is -3.81. The van der Waals surface area contributed by atoms with Crippen LogP contribution in [-0.4, -0.2) is 36.9 Å². The molecule has 1 saturated heterocycles. The van der Waals surface area contributed by atoms with Gasteiger partial charge in [0.25, 0.3) is 5.91 Å². The van der Waals surface area contributed by atoms with Gasteiger partial charge in [0, 0.05) is 30.3 Å². The monoisotopic (exact) mass is 496 g/mol. The second kappa shape index (κ2) is 10.8. The van der Waals surface area contributed by atoms with Crippen LogP contribution in [0.15, 0.2) is 78.9 Å². The molecule has 1 aliphatic rings. The van der Waals surface area contributed by atoms with Crippen molar-refractivity contribution < 1.29 is 27.5 Å². The van der Waals surface area contributed by atoms with E-state index in [9.17, 15) is 22.8 Å². The van der Waals surface area contributed by atoms with Crippen LogP contribution in [0.25, 0.3) is 0 Å². The standard InChI is InChI=1S/C28H27F3N2O3/c1-36-25-13-11-24(12-14-25)33(19-20-5-3-2-4-6-20)27(35)22-15-17-32(18-16-22)26(34)21-7-9-23(10-8-21)28(29,30)31/h2-14,22H,15-19H2,1H3. The number of alkyl halides is 3. The highest BCUT2D eigenvalue weighted by molar-refractivity contribution is 5.96. The SMILES string of the molecule is COc1ccc(N(Cc2ccccc2)C(=O)C2CCN(C(=O)c3ccc(C(F)(F)F)cc3)CC2)cc1. The predicted octanol–water partition coefficient (Wildman–Crippen LogP) is 5.80. The van der Waals surface area contributed by atoms with E-state index >= 15 is 0 Å². The van der Waals surface area contributed by atoms with Gasteiger partial charge in [-0.2, -0.15) is 13.2 Å². The number of hydrogen-bond donors (Lipinski definition) is 0. The fourth-order valence-electron chi connectivity index (χ4n) is 4.36. The Morgan fingerprint density at radius 1 is 0.917 bits per heavy atom. The average molecular weight is 497 g/mol. The third-order valence-corrected chi connectivity index (χ3v) is 6.42. The minimum atomic E-state index is -4.45. The molecule has 2 amide bonds. The van der Waals surface area contributed by atoms with Crippen LogP contribution < -0.4 is 9.64 Å². The van der Waals surface area contributed by atoms with E-state index in [4.69, 9.17) is 4.74 Å². The van der Waals surface area contributed by atoms with Crippen molar-refractivity contribution in [3.8, 4) is 5.75 Å². The number of methoxy groups -OCH3 is 1. The number of piperidine rings is 1. The van der Waals surface area contributed by atoms with Crippen LogP contribution in [0.1, 0.15) is 34.3 Å². The lowest BCUT2D eigenvalue weighted by molar-refractivity contribution is -0.137. The van der Waals surface area contributed by atoms with Gasteiger partial charge in [0.2, 0.25) is 5.91 Å². The molecule has 1 aliphatic heterocycles. The van der Waals surface area contributed by atoms with Crippen LogP contribution in [0.2, 0.25) is 0 Å². The molecule has 0 atom stereocenters. The number of anilines is 1. The molecule has 0 radical (unpaired) electrons. The molecular formula is C28H27F3N2O3. The number of halogens is 3. The van der Waals surface area contributed by atoms with Crippen LogP contribution >= 0.6 is 0 Å². The number of nitrogens with zero attached hydrogens (tertiary/aromatic N) is 2. The lowest BCUT2D eigenvalue weighted by atomic mass is 9.94. The maximum absolute atomic E-state index is 13.6. The normalized spacial score (nSPS) is 14.4. The number of benzene rings is 3. The van der Waals surface area contributed by atoms with E-state index < -0.39 is 11.7 Å². The third-order valence-electron chi connectivity index (χ3n) is 6.42. The van der Waals surface area contributed by atoms with Crippen LogP contribution in [0, 0.1) is 5.92 Å². The highest BCUT2D eigenvalue weighted by Gasteiger charge is 2.33. The number of carbonyl (C=O) groups excluding carboxylic acids is 2. The predicted molar refractivity (Wildman–Crippen MR) is 131 cm³/mol. The molecule has 0 spiro atoms. The molecule has 4 rings (SSSR count). The minimum absolute atomic E-state index is 0.0225. The Morgan fingerprint density at radius 3 is 2.08 bits per heavy atom. The lowest BCUT2D eigenvalue weighted by Gasteiger charge is -2.34. The molecule has 0 bridgehead atoms. The fourth-order valence-corrected chi connectivity index (χ4v) is 4.36. The molecule has 3 aromatic rings. The summed E-state index contributed by atoms with van der Waals surface area (Å²) in [7, 11) is 1.58. The summed E-state index contributed by atoms with van der Waals surface area (Å²) in [6.45, 7) is 1.13. The number of hydrogen-bond acceptors (Lipinski definition) is 3. The molecule has 1 fully saturated rings. The summed E-state index contributed by atoms with van der Waals surface area (Å²) in [4.78, 5) is 29.8. The number of ether oxygens (including phenoxy) is 1. The quantitative estimate of drug-likeness (QED) is 0.434. The van der Waals surface area contributed by atoms with Gasteiger partial charge in [-0.15, -0.1) is 0 Å². The number of rotatable bonds is 6. The molecule has 5 nitrogen and oxygen atoms in total. The molecule has 0 aromatic heterocycles. The molecule has 8 heteroatoms. The van der Waals surface area contributed by atoms with E-state index in [1.807, 2.05) is 54.6 Å². The maximum atomic E-state index is 13.6. The Morgan fingerprint density at radius 2 is 1.53 bits per heavy atom. The molecule has 1 heterocycles. The summed E-state index contributed by atoms with van der Waals surface area (Å²) in [5.74, 6) is 0.0741. The molecule has 0 aliphatic carbocycles. The molecule has 36 heavy (non-hydrogen) atoms. The number of amides is 2. The largest absolute Gasteiger partial charge is 0.497 e. The Kier molecular flexibility index (Phi) is 7.62. The van der Waals surface area contributed by atoms with E-state index in [0.717, 1.165) is 23.4 Å². The average Bonchev–Trinajstić information content (AvgIpc) is 2.91. The zero-order valence-corrected chi connectivity index (χ0v) is 19.9. The van der Waals surface area contributed by atoms with Gasteiger partial charge in [-0.25, -0.2) is 0 Å². The van der Waals surface area contributed by atoms with E-state index in [2.05, 4.69) is 0 Å². The maximum Gasteiger partial charge on any atom is 0.416 e. The van der Waals surface area contributed by atoms with E-state index in [1.165, 1.54) is 12.1 Å². The Bertz CT molecular complexity index is 1170. The smallest absolute Gasteiger partial charge is 0.416 e. The number of likely N-dealkylation sites (tertiary alicyclic amines) is 1.